The molecule has 0 radical (unpaired) electrons. The van der Waals surface area contributed by atoms with Gasteiger partial charge >= 0.3 is 5.97 Å². The van der Waals surface area contributed by atoms with Gasteiger partial charge in [-0.1, -0.05) is 48.5 Å². The molecule has 2 aromatic carbocycles. The van der Waals surface area contributed by atoms with E-state index in [9.17, 15) is 9.36 Å². The Kier molecular flexibility index (Phi) is 10.6. The summed E-state index contributed by atoms with van der Waals surface area (Å²) in [5, 5.41) is 2.96. The lowest BCUT2D eigenvalue weighted by molar-refractivity contribution is -0.149. The number of benzene rings is 2. The number of carbonyl (C=O) groups excluding carboxylic acids is 1. The van der Waals surface area contributed by atoms with Gasteiger partial charge in [-0.3, -0.25) is 9.36 Å². The molecule has 0 aliphatic rings. The van der Waals surface area contributed by atoms with Crippen LogP contribution >= 0.6 is 7.44 Å². The molecule has 0 saturated heterocycles. The summed E-state index contributed by atoms with van der Waals surface area (Å²) in [7, 11) is 0.0615. The highest BCUT2D eigenvalue weighted by atomic mass is 31.2. The van der Waals surface area contributed by atoms with E-state index in [4.69, 9.17) is 14.2 Å². The SMILES string of the molecule is COCP(=O)(N[C@@H](C)C(=O)OC(C)C)N(C)CC[C@@H](Oc1ccccc1C)c1ccccc1. The average Bonchev–Trinajstić information content (AvgIpc) is 2.77. The molecule has 0 aromatic heterocycles. The van der Waals surface area contributed by atoms with Crippen molar-refractivity contribution in [2.24, 2.45) is 0 Å². The third-order valence-electron chi connectivity index (χ3n) is 5.21. The Morgan fingerprint density at radius 2 is 1.70 bits per heavy atom. The molecule has 182 valence electrons. The lowest BCUT2D eigenvalue weighted by Gasteiger charge is -2.31. The first-order chi connectivity index (χ1) is 15.7. The van der Waals surface area contributed by atoms with Crippen molar-refractivity contribution in [1.29, 1.82) is 0 Å². The van der Waals surface area contributed by atoms with E-state index in [2.05, 4.69) is 5.09 Å². The number of hydrogen-bond donors (Lipinski definition) is 1. The van der Waals surface area contributed by atoms with Gasteiger partial charge in [0.05, 0.1) is 6.10 Å². The summed E-state index contributed by atoms with van der Waals surface area (Å²) >= 11 is 0. The van der Waals surface area contributed by atoms with E-state index in [1.807, 2.05) is 61.5 Å². The van der Waals surface area contributed by atoms with Gasteiger partial charge in [0.25, 0.3) is 0 Å². The van der Waals surface area contributed by atoms with Crippen molar-refractivity contribution in [1.82, 2.24) is 9.76 Å². The maximum Gasteiger partial charge on any atom is 0.323 e. The molecule has 0 spiro atoms. The largest absolute Gasteiger partial charge is 0.485 e. The van der Waals surface area contributed by atoms with Gasteiger partial charge in [-0.05, 0) is 51.9 Å². The number of nitrogens with zero attached hydrogens (tertiary/aromatic N) is 1. The number of ether oxygens (including phenoxy) is 3. The van der Waals surface area contributed by atoms with Crippen LogP contribution in [0, 0.1) is 6.92 Å². The van der Waals surface area contributed by atoms with E-state index in [1.54, 1.807) is 32.5 Å². The number of methoxy groups -OCH3 is 1. The molecule has 0 bridgehead atoms. The number of carbonyl (C=O) groups is 1. The van der Waals surface area contributed by atoms with Crippen molar-refractivity contribution in [3.05, 3.63) is 65.7 Å². The highest BCUT2D eigenvalue weighted by Gasteiger charge is 2.33. The smallest absolute Gasteiger partial charge is 0.323 e. The molecule has 3 atom stereocenters. The Bertz CT molecular complexity index is 922. The molecule has 33 heavy (non-hydrogen) atoms. The summed E-state index contributed by atoms with van der Waals surface area (Å²) in [6, 6.07) is 17.1. The molecular weight excluding hydrogens is 439 g/mol. The Morgan fingerprint density at radius 1 is 1.06 bits per heavy atom. The van der Waals surface area contributed by atoms with Crippen molar-refractivity contribution in [2.45, 2.75) is 52.4 Å². The van der Waals surface area contributed by atoms with Crippen LogP contribution in [-0.4, -0.2) is 49.8 Å². The average molecular weight is 477 g/mol. The minimum atomic E-state index is -3.20. The van der Waals surface area contributed by atoms with Crippen LogP contribution in [0.2, 0.25) is 0 Å². The fraction of sp³-hybridized carbons (Fsp3) is 0.480. The van der Waals surface area contributed by atoms with E-state index >= 15 is 0 Å². The van der Waals surface area contributed by atoms with Crippen LogP contribution in [-0.2, 0) is 18.8 Å². The van der Waals surface area contributed by atoms with Gasteiger partial charge < -0.3 is 14.2 Å². The van der Waals surface area contributed by atoms with Crippen molar-refractivity contribution in [3.8, 4) is 5.75 Å². The van der Waals surface area contributed by atoms with Crippen molar-refractivity contribution < 1.29 is 23.6 Å². The predicted octanol–water partition coefficient (Wildman–Crippen LogP) is 5.16. The number of aryl methyl sites for hydroxylation is 1. The highest BCUT2D eigenvalue weighted by molar-refractivity contribution is 7.59. The quantitative estimate of drug-likeness (QED) is 0.316. The molecule has 0 aliphatic heterocycles. The molecule has 0 amide bonds. The Hall–Kier alpha value is -2.18. The molecule has 1 N–H and O–H groups in total. The van der Waals surface area contributed by atoms with Crippen molar-refractivity contribution >= 4 is 13.4 Å². The zero-order valence-electron chi connectivity index (χ0n) is 20.5. The number of nitrogens with one attached hydrogen (secondary N) is 1. The zero-order valence-corrected chi connectivity index (χ0v) is 21.4. The fourth-order valence-electron chi connectivity index (χ4n) is 3.37. The minimum absolute atomic E-state index is 0.0303. The number of esters is 1. The lowest BCUT2D eigenvalue weighted by atomic mass is 10.1. The van der Waals surface area contributed by atoms with Crippen LogP contribution in [0.25, 0.3) is 0 Å². The van der Waals surface area contributed by atoms with Gasteiger partial charge in [-0.15, -0.1) is 0 Å². The van der Waals surface area contributed by atoms with Gasteiger partial charge in [0.15, 0.2) is 0 Å². The Balaban J connectivity index is 2.15. The maximum absolute atomic E-state index is 13.7. The number of hydrogen-bond acceptors (Lipinski definition) is 5. The van der Waals surface area contributed by atoms with Crippen LogP contribution in [0.5, 0.6) is 5.75 Å². The van der Waals surface area contributed by atoms with Crippen molar-refractivity contribution in [3.63, 3.8) is 0 Å². The molecule has 0 aliphatic carbocycles. The molecule has 2 aromatic rings. The standard InChI is InChI=1S/C25H37N2O5P/c1-19(2)31-25(28)21(4)26-33(29,18-30-6)27(5)17-16-24(22-13-8-7-9-14-22)32-23-15-11-10-12-20(23)3/h7-15,19,21,24H,16-18H2,1-6H3,(H,26,29)/t21-,24+,33?/m0/s1. The molecular formula is C25H37N2O5P. The Labute approximate surface area is 197 Å². The van der Waals surface area contributed by atoms with E-state index < -0.39 is 19.5 Å². The third kappa shape index (κ3) is 8.27. The molecule has 0 saturated carbocycles. The lowest BCUT2D eigenvalue weighted by Crippen LogP contribution is -2.39. The fourth-order valence-corrected chi connectivity index (χ4v) is 5.34. The van der Waals surface area contributed by atoms with Crippen LogP contribution in [0.1, 0.15) is 44.4 Å². The van der Waals surface area contributed by atoms with Gasteiger partial charge in [0, 0.05) is 20.1 Å². The number of para-hydroxylation sites is 1. The molecule has 0 heterocycles. The van der Waals surface area contributed by atoms with Crippen LogP contribution in [0.15, 0.2) is 54.6 Å². The van der Waals surface area contributed by atoms with Crippen LogP contribution in [0.4, 0.5) is 0 Å². The second-order valence-corrected chi connectivity index (χ2v) is 11.0. The molecule has 0 fully saturated rings. The maximum atomic E-state index is 13.7. The minimum Gasteiger partial charge on any atom is -0.485 e. The van der Waals surface area contributed by atoms with Gasteiger partial charge in [0.1, 0.15) is 24.2 Å². The van der Waals surface area contributed by atoms with Crippen LogP contribution < -0.4 is 9.82 Å². The summed E-state index contributed by atoms with van der Waals surface area (Å²) in [5.74, 6) is 0.372. The normalized spacial score (nSPS) is 15.2. The summed E-state index contributed by atoms with van der Waals surface area (Å²) in [6.07, 6.45) is 0.0903. The van der Waals surface area contributed by atoms with E-state index in [-0.39, 0.29) is 18.6 Å². The topological polar surface area (TPSA) is 77.1 Å². The van der Waals surface area contributed by atoms with E-state index in [0.29, 0.717) is 13.0 Å². The molecule has 2 rings (SSSR count). The number of rotatable bonds is 13. The molecule has 7 nitrogen and oxygen atoms in total. The zero-order chi connectivity index (χ0) is 24.4. The van der Waals surface area contributed by atoms with E-state index in [1.165, 1.54) is 7.11 Å². The van der Waals surface area contributed by atoms with Crippen molar-refractivity contribution in [2.75, 3.05) is 27.1 Å². The summed E-state index contributed by atoms with van der Waals surface area (Å²) in [5.41, 5.74) is 2.09. The molecule has 1 unspecified atom stereocenters. The van der Waals surface area contributed by atoms with Gasteiger partial charge in [-0.25, -0.2) is 9.76 Å². The second kappa shape index (κ2) is 12.9. The summed E-state index contributed by atoms with van der Waals surface area (Å²) in [4.78, 5) is 12.3. The first kappa shape index (κ1) is 27.1. The van der Waals surface area contributed by atoms with Gasteiger partial charge in [0.2, 0.25) is 7.44 Å². The molecule has 8 heteroatoms. The highest BCUT2D eigenvalue weighted by Crippen LogP contribution is 2.45. The van der Waals surface area contributed by atoms with Crippen LogP contribution in [0.3, 0.4) is 0 Å². The van der Waals surface area contributed by atoms with Gasteiger partial charge in [-0.2, -0.15) is 0 Å². The monoisotopic (exact) mass is 476 g/mol. The third-order valence-corrected chi connectivity index (χ3v) is 7.91. The first-order valence-corrected chi connectivity index (χ1v) is 13.1. The second-order valence-electron chi connectivity index (χ2n) is 8.41. The Morgan fingerprint density at radius 3 is 2.30 bits per heavy atom. The van der Waals surface area contributed by atoms with E-state index in [0.717, 1.165) is 16.9 Å². The predicted molar refractivity (Wildman–Crippen MR) is 132 cm³/mol. The first-order valence-electron chi connectivity index (χ1n) is 11.2. The summed E-state index contributed by atoms with van der Waals surface area (Å²) < 4.78 is 32.3. The summed E-state index contributed by atoms with van der Waals surface area (Å²) in [6.45, 7) is 7.69.